The summed E-state index contributed by atoms with van der Waals surface area (Å²) < 4.78 is 5.38. The molecule has 0 spiro atoms. The minimum atomic E-state index is -0.587. The number of nitrogens with one attached hydrogen (secondary N) is 1. The Morgan fingerprint density at radius 3 is 2.29 bits per heavy atom. The van der Waals surface area contributed by atoms with E-state index in [1.54, 1.807) is 0 Å². The number of carbonyl (C=O) groups excluding carboxylic acids is 1. The molecular formula is C13H28N2O2. The highest BCUT2D eigenvalue weighted by Gasteiger charge is 2.40. The minimum absolute atomic E-state index is 0.0240. The van der Waals surface area contributed by atoms with Gasteiger partial charge in [0.25, 0.3) is 0 Å². The van der Waals surface area contributed by atoms with Crippen LogP contribution in [0, 0.1) is 5.41 Å². The summed E-state index contributed by atoms with van der Waals surface area (Å²) in [5.41, 5.74) is 4.86. The van der Waals surface area contributed by atoms with Crippen LogP contribution in [0.25, 0.3) is 0 Å². The van der Waals surface area contributed by atoms with Gasteiger partial charge in [-0.2, -0.15) is 0 Å². The summed E-state index contributed by atoms with van der Waals surface area (Å²) in [6, 6.07) is 0. The van der Waals surface area contributed by atoms with E-state index in [9.17, 15) is 4.79 Å². The Labute approximate surface area is 105 Å². The molecule has 0 fully saturated rings. The third-order valence-corrected chi connectivity index (χ3v) is 3.35. The molecule has 4 heteroatoms. The molecule has 0 bridgehead atoms. The first-order valence-electron chi connectivity index (χ1n) is 6.38. The maximum Gasteiger partial charge on any atom is 0.227 e. The molecule has 17 heavy (non-hydrogen) atoms. The lowest BCUT2D eigenvalue weighted by atomic mass is 9.74. The van der Waals surface area contributed by atoms with E-state index < -0.39 is 11.0 Å². The Kier molecular flexibility index (Phi) is 6.72. The number of rotatable bonds is 8. The van der Waals surface area contributed by atoms with E-state index >= 15 is 0 Å². The molecule has 0 aliphatic heterocycles. The molecule has 0 aliphatic carbocycles. The van der Waals surface area contributed by atoms with Gasteiger partial charge in [-0.3, -0.25) is 4.79 Å². The van der Waals surface area contributed by atoms with E-state index in [1.165, 1.54) is 0 Å². The first kappa shape index (κ1) is 16.4. The lowest BCUT2D eigenvalue weighted by Gasteiger charge is -2.36. The first-order valence-corrected chi connectivity index (χ1v) is 6.38. The van der Waals surface area contributed by atoms with Gasteiger partial charge in [-0.25, -0.2) is 0 Å². The van der Waals surface area contributed by atoms with Crippen molar-refractivity contribution in [2.45, 2.75) is 53.0 Å². The zero-order chi connectivity index (χ0) is 13.5. The molecule has 1 amide bonds. The Morgan fingerprint density at radius 1 is 1.24 bits per heavy atom. The fourth-order valence-corrected chi connectivity index (χ4v) is 1.10. The Balaban J connectivity index is 3.87. The molecule has 0 unspecified atom stereocenters. The Bertz CT molecular complexity index is 232. The molecule has 0 rings (SSSR count). The highest BCUT2D eigenvalue weighted by atomic mass is 16.5. The fourth-order valence-electron chi connectivity index (χ4n) is 1.10. The van der Waals surface area contributed by atoms with Gasteiger partial charge in [-0.05, 0) is 34.1 Å². The average molecular weight is 244 g/mol. The molecule has 0 atom stereocenters. The van der Waals surface area contributed by atoms with E-state index in [4.69, 9.17) is 10.5 Å². The summed E-state index contributed by atoms with van der Waals surface area (Å²) in [6.07, 6.45) is 2.19. The van der Waals surface area contributed by atoms with Crippen molar-refractivity contribution in [3.8, 4) is 0 Å². The standard InChI is InChI=1S/C13H28N2O2/c1-6-7-9-17-10-8-15-11(16)12(2,3)13(4,5)14/h6-10,14H2,1-5H3,(H,15,16). The smallest absolute Gasteiger partial charge is 0.227 e. The van der Waals surface area contributed by atoms with E-state index in [-0.39, 0.29) is 5.91 Å². The van der Waals surface area contributed by atoms with Gasteiger partial charge in [0.2, 0.25) is 5.91 Å². The monoisotopic (exact) mass is 244 g/mol. The molecule has 0 aromatic carbocycles. The van der Waals surface area contributed by atoms with Crippen molar-refractivity contribution < 1.29 is 9.53 Å². The molecule has 0 saturated carbocycles. The van der Waals surface area contributed by atoms with Gasteiger partial charge in [0.15, 0.2) is 0 Å². The number of carbonyl (C=O) groups is 1. The SMILES string of the molecule is CCCCOCCNC(=O)C(C)(C)C(C)(C)N. The number of hydrogen-bond acceptors (Lipinski definition) is 3. The lowest BCUT2D eigenvalue weighted by molar-refractivity contribution is -0.132. The molecule has 3 N–H and O–H groups in total. The normalized spacial score (nSPS) is 12.6. The largest absolute Gasteiger partial charge is 0.380 e. The van der Waals surface area contributed by atoms with Crippen molar-refractivity contribution in [2.75, 3.05) is 19.8 Å². The van der Waals surface area contributed by atoms with E-state index in [1.807, 2.05) is 27.7 Å². The number of nitrogens with two attached hydrogens (primary N) is 1. The third kappa shape index (κ3) is 5.50. The van der Waals surface area contributed by atoms with Crippen LogP contribution in [0.2, 0.25) is 0 Å². The molecule has 4 nitrogen and oxygen atoms in total. The minimum Gasteiger partial charge on any atom is -0.380 e. The van der Waals surface area contributed by atoms with Crippen molar-refractivity contribution >= 4 is 5.91 Å². The van der Waals surface area contributed by atoms with Gasteiger partial charge >= 0.3 is 0 Å². The van der Waals surface area contributed by atoms with Gasteiger partial charge in [-0.1, -0.05) is 13.3 Å². The van der Waals surface area contributed by atoms with Crippen LogP contribution in [-0.2, 0) is 9.53 Å². The predicted molar refractivity (Wildman–Crippen MR) is 70.8 cm³/mol. The van der Waals surface area contributed by atoms with Crippen LogP contribution in [0.15, 0.2) is 0 Å². The first-order chi connectivity index (χ1) is 7.73. The summed E-state index contributed by atoms with van der Waals surface area (Å²) in [5.74, 6) is -0.0240. The molecule has 0 heterocycles. The van der Waals surface area contributed by atoms with Crippen molar-refractivity contribution in [2.24, 2.45) is 11.1 Å². The number of ether oxygens (including phenoxy) is 1. The Morgan fingerprint density at radius 2 is 1.82 bits per heavy atom. The molecule has 0 saturated heterocycles. The average Bonchev–Trinajstić information content (AvgIpc) is 2.21. The zero-order valence-corrected chi connectivity index (χ0v) is 11.9. The van der Waals surface area contributed by atoms with Crippen LogP contribution in [0.5, 0.6) is 0 Å². The summed E-state index contributed by atoms with van der Waals surface area (Å²) in [5, 5.41) is 2.86. The summed E-state index contributed by atoms with van der Waals surface area (Å²) in [6.45, 7) is 11.4. The van der Waals surface area contributed by atoms with Crippen molar-refractivity contribution in [1.82, 2.24) is 5.32 Å². The van der Waals surface area contributed by atoms with Gasteiger partial charge in [0.05, 0.1) is 12.0 Å². The van der Waals surface area contributed by atoms with Crippen LogP contribution >= 0.6 is 0 Å². The quantitative estimate of drug-likeness (QED) is 0.639. The second-order valence-corrected chi connectivity index (χ2v) is 5.57. The number of unbranched alkanes of at least 4 members (excludes halogenated alkanes) is 1. The van der Waals surface area contributed by atoms with Crippen LogP contribution in [0.1, 0.15) is 47.5 Å². The molecule has 0 aromatic heterocycles. The van der Waals surface area contributed by atoms with E-state index in [0.717, 1.165) is 19.4 Å². The number of amides is 1. The predicted octanol–water partition coefficient (Wildman–Crippen LogP) is 1.68. The molecular weight excluding hydrogens is 216 g/mol. The topological polar surface area (TPSA) is 64.3 Å². The van der Waals surface area contributed by atoms with E-state index in [2.05, 4.69) is 12.2 Å². The second-order valence-electron chi connectivity index (χ2n) is 5.57. The highest BCUT2D eigenvalue weighted by Crippen LogP contribution is 2.28. The lowest BCUT2D eigenvalue weighted by Crippen LogP contribution is -2.55. The maximum atomic E-state index is 12.0. The van der Waals surface area contributed by atoms with Gasteiger partial charge in [-0.15, -0.1) is 0 Å². The molecule has 0 radical (unpaired) electrons. The molecule has 102 valence electrons. The van der Waals surface area contributed by atoms with E-state index in [0.29, 0.717) is 13.2 Å². The molecule has 0 aliphatic rings. The fraction of sp³-hybridized carbons (Fsp3) is 0.923. The third-order valence-electron chi connectivity index (χ3n) is 3.35. The van der Waals surface area contributed by atoms with Crippen LogP contribution in [-0.4, -0.2) is 31.2 Å². The van der Waals surface area contributed by atoms with Crippen LogP contribution in [0.4, 0.5) is 0 Å². The highest BCUT2D eigenvalue weighted by molar-refractivity contribution is 5.83. The van der Waals surface area contributed by atoms with Crippen molar-refractivity contribution in [3.05, 3.63) is 0 Å². The van der Waals surface area contributed by atoms with Crippen LogP contribution in [0.3, 0.4) is 0 Å². The summed E-state index contributed by atoms with van der Waals surface area (Å²) >= 11 is 0. The second kappa shape index (κ2) is 6.97. The van der Waals surface area contributed by atoms with Crippen LogP contribution < -0.4 is 11.1 Å². The summed E-state index contributed by atoms with van der Waals surface area (Å²) in [7, 11) is 0. The Hall–Kier alpha value is -0.610. The van der Waals surface area contributed by atoms with Gasteiger partial charge in [0, 0.05) is 18.7 Å². The van der Waals surface area contributed by atoms with Crippen molar-refractivity contribution in [3.63, 3.8) is 0 Å². The summed E-state index contributed by atoms with van der Waals surface area (Å²) in [4.78, 5) is 12.0. The zero-order valence-electron chi connectivity index (χ0n) is 11.9. The number of hydrogen-bond donors (Lipinski definition) is 2. The molecule has 0 aromatic rings. The van der Waals surface area contributed by atoms with Crippen molar-refractivity contribution in [1.29, 1.82) is 0 Å². The van der Waals surface area contributed by atoms with Gasteiger partial charge in [0.1, 0.15) is 0 Å². The van der Waals surface area contributed by atoms with Gasteiger partial charge < -0.3 is 15.8 Å². The maximum absolute atomic E-state index is 12.0.